The number of nitrogens with zero attached hydrogens (tertiary/aromatic N) is 4. The number of hydrogen-bond acceptors (Lipinski definition) is 6. The Morgan fingerprint density at radius 2 is 2.06 bits per heavy atom. The predicted molar refractivity (Wildman–Crippen MR) is 117 cm³/mol. The first kappa shape index (κ1) is 22.0. The summed E-state index contributed by atoms with van der Waals surface area (Å²) in [6, 6.07) is 4.13. The first-order valence-corrected chi connectivity index (χ1v) is 11.6. The molecule has 0 bridgehead atoms. The van der Waals surface area contributed by atoms with Crippen LogP contribution < -0.4 is 5.32 Å². The summed E-state index contributed by atoms with van der Waals surface area (Å²) < 4.78 is 13.4. The molecule has 0 radical (unpaired) electrons. The molecule has 0 saturated carbocycles. The summed E-state index contributed by atoms with van der Waals surface area (Å²) in [5.41, 5.74) is 0. The highest BCUT2D eigenvalue weighted by Crippen LogP contribution is 2.22. The van der Waals surface area contributed by atoms with E-state index in [-0.39, 0.29) is 11.8 Å². The molecule has 0 unspecified atom stereocenters. The average Bonchev–Trinajstić information content (AvgIpc) is 3.33. The number of furan rings is 1. The van der Waals surface area contributed by atoms with Crippen molar-refractivity contribution in [1.29, 1.82) is 0 Å². The van der Waals surface area contributed by atoms with E-state index >= 15 is 0 Å². The van der Waals surface area contributed by atoms with Crippen molar-refractivity contribution in [2.24, 2.45) is 5.92 Å². The molecule has 0 spiro atoms. The molecule has 2 aliphatic rings. The summed E-state index contributed by atoms with van der Waals surface area (Å²) in [4.78, 5) is 14.8. The van der Waals surface area contributed by atoms with E-state index < -0.39 is 0 Å². The Balaban J connectivity index is 1.23. The molecule has 31 heavy (non-hydrogen) atoms. The normalized spacial score (nSPS) is 19.0. The van der Waals surface area contributed by atoms with Crippen LogP contribution in [0.4, 0.5) is 0 Å². The molecular weight excluding hydrogens is 394 g/mol. The highest BCUT2D eigenvalue weighted by Gasteiger charge is 2.22. The molecule has 1 N–H and O–H groups in total. The van der Waals surface area contributed by atoms with Crippen molar-refractivity contribution in [3.63, 3.8) is 0 Å². The van der Waals surface area contributed by atoms with Gasteiger partial charge in [0, 0.05) is 64.1 Å². The van der Waals surface area contributed by atoms with Gasteiger partial charge in [0.1, 0.15) is 23.2 Å². The Bertz CT molecular complexity index is 855. The number of aromatic nitrogens is 3. The molecule has 4 heterocycles. The standard InChI is InChI=1S/C23H35N5O3/c1-17(20-4-3-18(2)31-20)6-11-27-12-7-22-26-25-21(28(22)14-13-27)5-10-24-23(29)19-8-15-30-16-9-19/h3-4,17,19H,5-16H2,1-2H3,(H,24,29)/t17-/m1/s1. The van der Waals surface area contributed by atoms with E-state index in [9.17, 15) is 4.79 Å². The molecule has 8 heteroatoms. The SMILES string of the molecule is Cc1ccc([C@H](C)CCN2CCc3nnc(CCNC(=O)C4CCOCC4)n3CC2)o1. The molecule has 2 aromatic rings. The maximum absolute atomic E-state index is 12.3. The van der Waals surface area contributed by atoms with Crippen LogP contribution in [0.15, 0.2) is 16.5 Å². The van der Waals surface area contributed by atoms with Gasteiger partial charge in [-0.1, -0.05) is 6.92 Å². The fourth-order valence-corrected chi connectivity index (χ4v) is 4.47. The van der Waals surface area contributed by atoms with Crippen molar-refractivity contribution < 1.29 is 13.9 Å². The Morgan fingerprint density at radius 1 is 1.23 bits per heavy atom. The number of amides is 1. The lowest BCUT2D eigenvalue weighted by atomic mass is 9.99. The second kappa shape index (κ2) is 10.4. The van der Waals surface area contributed by atoms with Gasteiger partial charge in [0.15, 0.2) is 0 Å². The number of carbonyl (C=O) groups is 1. The minimum atomic E-state index is 0.0882. The molecule has 1 saturated heterocycles. The van der Waals surface area contributed by atoms with Gasteiger partial charge in [0.2, 0.25) is 5.91 Å². The van der Waals surface area contributed by atoms with E-state index in [1.54, 1.807) is 0 Å². The van der Waals surface area contributed by atoms with Crippen LogP contribution in [0, 0.1) is 12.8 Å². The van der Waals surface area contributed by atoms with Crippen molar-refractivity contribution in [1.82, 2.24) is 25.0 Å². The number of nitrogens with one attached hydrogen (secondary N) is 1. The summed E-state index contributed by atoms with van der Waals surface area (Å²) in [5.74, 6) is 4.74. The van der Waals surface area contributed by atoms with E-state index in [4.69, 9.17) is 9.15 Å². The van der Waals surface area contributed by atoms with Crippen molar-refractivity contribution in [2.45, 2.75) is 58.4 Å². The van der Waals surface area contributed by atoms with Gasteiger partial charge in [-0.3, -0.25) is 4.79 Å². The quantitative estimate of drug-likeness (QED) is 0.693. The third kappa shape index (κ3) is 5.74. The van der Waals surface area contributed by atoms with E-state index in [0.717, 1.165) is 81.5 Å². The van der Waals surface area contributed by atoms with Gasteiger partial charge >= 0.3 is 0 Å². The molecule has 170 valence electrons. The number of aryl methyl sites for hydroxylation is 1. The monoisotopic (exact) mass is 429 g/mol. The van der Waals surface area contributed by atoms with Gasteiger partial charge in [0.25, 0.3) is 0 Å². The molecule has 1 amide bonds. The van der Waals surface area contributed by atoms with Gasteiger partial charge in [0.05, 0.1) is 0 Å². The Kier molecular flexibility index (Phi) is 7.40. The first-order chi connectivity index (χ1) is 15.1. The average molecular weight is 430 g/mol. The zero-order chi connectivity index (χ0) is 21.6. The summed E-state index contributed by atoms with van der Waals surface area (Å²) in [7, 11) is 0. The van der Waals surface area contributed by atoms with Crippen LogP contribution in [0.1, 0.15) is 55.3 Å². The molecule has 0 aliphatic carbocycles. The lowest BCUT2D eigenvalue weighted by molar-refractivity contribution is -0.127. The van der Waals surface area contributed by atoms with Crippen molar-refractivity contribution in [2.75, 3.05) is 39.4 Å². The lowest BCUT2D eigenvalue weighted by Crippen LogP contribution is -2.35. The predicted octanol–water partition coefficient (Wildman–Crippen LogP) is 2.32. The zero-order valence-electron chi connectivity index (χ0n) is 18.8. The van der Waals surface area contributed by atoms with Gasteiger partial charge in [-0.05, 0) is 44.9 Å². The van der Waals surface area contributed by atoms with Crippen LogP contribution in [0.3, 0.4) is 0 Å². The maximum atomic E-state index is 12.3. The van der Waals surface area contributed by atoms with Crippen LogP contribution in [-0.4, -0.2) is 65.0 Å². The van der Waals surface area contributed by atoms with Gasteiger partial charge in [-0.2, -0.15) is 0 Å². The number of ether oxygens (including phenoxy) is 1. The molecule has 0 aromatic carbocycles. The smallest absolute Gasteiger partial charge is 0.223 e. The van der Waals surface area contributed by atoms with E-state index in [1.165, 1.54) is 0 Å². The Morgan fingerprint density at radius 3 is 2.84 bits per heavy atom. The topological polar surface area (TPSA) is 85.4 Å². The third-order valence-electron chi connectivity index (χ3n) is 6.56. The Hall–Kier alpha value is -2.19. The van der Waals surface area contributed by atoms with E-state index in [1.807, 2.05) is 13.0 Å². The Labute approximate surface area is 184 Å². The van der Waals surface area contributed by atoms with Crippen LogP contribution in [0.2, 0.25) is 0 Å². The molecule has 1 atom stereocenters. The number of carbonyl (C=O) groups excluding carboxylic acids is 1. The minimum absolute atomic E-state index is 0.0882. The van der Waals surface area contributed by atoms with E-state index in [0.29, 0.717) is 25.7 Å². The molecule has 4 rings (SSSR count). The fourth-order valence-electron chi connectivity index (χ4n) is 4.47. The lowest BCUT2D eigenvalue weighted by Gasteiger charge is -2.21. The number of hydrogen-bond donors (Lipinski definition) is 1. The second-order valence-corrected chi connectivity index (χ2v) is 8.84. The number of fused-ring (bicyclic) bond motifs is 1. The molecule has 1 fully saturated rings. The maximum Gasteiger partial charge on any atom is 0.223 e. The van der Waals surface area contributed by atoms with Gasteiger partial charge < -0.3 is 23.9 Å². The third-order valence-corrected chi connectivity index (χ3v) is 6.56. The molecule has 8 nitrogen and oxygen atoms in total. The van der Waals surface area contributed by atoms with Crippen molar-refractivity contribution in [3.8, 4) is 0 Å². The highest BCUT2D eigenvalue weighted by molar-refractivity contribution is 5.78. The summed E-state index contributed by atoms with van der Waals surface area (Å²) in [6.07, 6.45) is 4.35. The van der Waals surface area contributed by atoms with E-state index in [2.05, 4.69) is 38.0 Å². The fraction of sp³-hybridized carbons (Fsp3) is 0.696. The molecular formula is C23H35N5O3. The minimum Gasteiger partial charge on any atom is -0.466 e. The van der Waals surface area contributed by atoms with Crippen LogP contribution in [0.5, 0.6) is 0 Å². The van der Waals surface area contributed by atoms with Gasteiger partial charge in [-0.15, -0.1) is 10.2 Å². The van der Waals surface area contributed by atoms with Crippen molar-refractivity contribution >= 4 is 5.91 Å². The summed E-state index contributed by atoms with van der Waals surface area (Å²) in [6.45, 7) is 10.2. The highest BCUT2D eigenvalue weighted by atomic mass is 16.5. The van der Waals surface area contributed by atoms with Crippen LogP contribution >= 0.6 is 0 Å². The van der Waals surface area contributed by atoms with Crippen LogP contribution in [-0.2, 0) is 28.9 Å². The summed E-state index contributed by atoms with van der Waals surface area (Å²) in [5, 5.41) is 11.9. The summed E-state index contributed by atoms with van der Waals surface area (Å²) >= 11 is 0. The van der Waals surface area contributed by atoms with Gasteiger partial charge in [-0.25, -0.2) is 0 Å². The molecule has 2 aromatic heterocycles. The first-order valence-electron chi connectivity index (χ1n) is 11.6. The number of rotatable bonds is 8. The zero-order valence-corrected chi connectivity index (χ0v) is 18.8. The van der Waals surface area contributed by atoms with Crippen LogP contribution in [0.25, 0.3) is 0 Å². The van der Waals surface area contributed by atoms with Crippen molar-refractivity contribution in [3.05, 3.63) is 35.3 Å². The second-order valence-electron chi connectivity index (χ2n) is 8.84. The largest absolute Gasteiger partial charge is 0.466 e. The molecule has 2 aliphatic heterocycles.